The van der Waals surface area contributed by atoms with Gasteiger partial charge in [0.1, 0.15) is 5.75 Å². The number of nitrogens with zero attached hydrogens (tertiary/aromatic N) is 1. The molecule has 128 valence electrons. The van der Waals surface area contributed by atoms with Crippen molar-refractivity contribution in [2.45, 2.75) is 11.8 Å². The topological polar surface area (TPSA) is 51.2 Å². The first kappa shape index (κ1) is 17.5. The Kier molecular flexibility index (Phi) is 5.73. The number of thioether (sulfide) groups is 1. The van der Waals surface area contributed by atoms with Gasteiger partial charge in [-0.25, -0.2) is 4.98 Å². The Hall–Kier alpha value is -2.31. The molecule has 0 bridgehead atoms. The van der Waals surface area contributed by atoms with E-state index in [-0.39, 0.29) is 5.91 Å². The van der Waals surface area contributed by atoms with Gasteiger partial charge in [-0.1, -0.05) is 12.1 Å². The SMILES string of the molecule is CCOc1ccc(-c2csc(NC(=O)c3ccccc3SC)n2)cc1. The van der Waals surface area contributed by atoms with Gasteiger partial charge in [-0.3, -0.25) is 10.1 Å². The van der Waals surface area contributed by atoms with E-state index in [0.29, 0.717) is 17.3 Å². The van der Waals surface area contributed by atoms with Crippen molar-refractivity contribution in [2.24, 2.45) is 0 Å². The number of anilines is 1. The first-order valence-electron chi connectivity index (χ1n) is 7.84. The predicted molar refractivity (Wildman–Crippen MR) is 105 cm³/mol. The zero-order valence-corrected chi connectivity index (χ0v) is 15.6. The van der Waals surface area contributed by atoms with Crippen molar-refractivity contribution in [3.05, 3.63) is 59.5 Å². The third kappa shape index (κ3) is 4.21. The molecule has 1 N–H and O–H groups in total. The first-order chi connectivity index (χ1) is 12.2. The van der Waals surface area contributed by atoms with Gasteiger partial charge in [0.15, 0.2) is 5.13 Å². The van der Waals surface area contributed by atoms with Crippen molar-refractivity contribution in [2.75, 3.05) is 18.2 Å². The van der Waals surface area contributed by atoms with Crippen molar-refractivity contribution in [3.8, 4) is 17.0 Å². The average Bonchev–Trinajstić information content (AvgIpc) is 3.11. The summed E-state index contributed by atoms with van der Waals surface area (Å²) in [5.41, 5.74) is 2.49. The highest BCUT2D eigenvalue weighted by Crippen LogP contribution is 2.27. The fourth-order valence-electron chi connectivity index (χ4n) is 2.35. The Morgan fingerprint density at radius 1 is 1.20 bits per heavy atom. The van der Waals surface area contributed by atoms with E-state index < -0.39 is 0 Å². The molecule has 0 saturated heterocycles. The van der Waals surface area contributed by atoms with Gasteiger partial charge in [-0.05, 0) is 49.6 Å². The maximum absolute atomic E-state index is 12.5. The van der Waals surface area contributed by atoms with Crippen LogP contribution in [0.4, 0.5) is 5.13 Å². The quantitative estimate of drug-likeness (QED) is 0.607. The van der Waals surface area contributed by atoms with Crippen LogP contribution in [0.5, 0.6) is 5.75 Å². The van der Waals surface area contributed by atoms with Crippen molar-refractivity contribution >= 4 is 34.1 Å². The molecular weight excluding hydrogens is 352 g/mol. The molecule has 1 heterocycles. The maximum Gasteiger partial charge on any atom is 0.258 e. The second kappa shape index (κ2) is 8.18. The van der Waals surface area contributed by atoms with E-state index in [1.807, 2.05) is 67.1 Å². The van der Waals surface area contributed by atoms with E-state index in [1.165, 1.54) is 11.3 Å². The molecule has 0 spiro atoms. The number of amides is 1. The molecule has 2 aromatic carbocycles. The molecule has 0 radical (unpaired) electrons. The number of ether oxygens (including phenoxy) is 1. The van der Waals surface area contributed by atoms with Crippen LogP contribution in [0.3, 0.4) is 0 Å². The van der Waals surface area contributed by atoms with Crippen LogP contribution in [0.15, 0.2) is 58.8 Å². The van der Waals surface area contributed by atoms with E-state index >= 15 is 0 Å². The monoisotopic (exact) mass is 370 g/mol. The zero-order valence-electron chi connectivity index (χ0n) is 14.0. The number of nitrogens with one attached hydrogen (secondary N) is 1. The van der Waals surface area contributed by atoms with Crippen LogP contribution in [-0.2, 0) is 0 Å². The number of benzene rings is 2. The third-order valence-corrected chi connectivity index (χ3v) is 5.09. The van der Waals surface area contributed by atoms with Gasteiger partial charge in [0.25, 0.3) is 5.91 Å². The van der Waals surface area contributed by atoms with E-state index in [9.17, 15) is 4.79 Å². The fourth-order valence-corrected chi connectivity index (χ4v) is 3.66. The van der Waals surface area contributed by atoms with Crippen LogP contribution in [-0.4, -0.2) is 23.8 Å². The molecule has 4 nitrogen and oxygen atoms in total. The summed E-state index contributed by atoms with van der Waals surface area (Å²) in [6.45, 7) is 2.60. The molecule has 0 aliphatic heterocycles. The molecule has 1 amide bonds. The zero-order chi connectivity index (χ0) is 17.6. The summed E-state index contributed by atoms with van der Waals surface area (Å²) in [5.74, 6) is 0.696. The van der Waals surface area contributed by atoms with Gasteiger partial charge >= 0.3 is 0 Å². The van der Waals surface area contributed by atoms with E-state index in [2.05, 4.69) is 10.3 Å². The molecule has 0 saturated carbocycles. The number of thiazole rings is 1. The molecule has 6 heteroatoms. The van der Waals surface area contributed by atoms with Crippen LogP contribution in [0.25, 0.3) is 11.3 Å². The Bertz CT molecular complexity index is 860. The maximum atomic E-state index is 12.5. The van der Waals surface area contributed by atoms with Crippen LogP contribution in [0.1, 0.15) is 17.3 Å². The smallest absolute Gasteiger partial charge is 0.258 e. The normalized spacial score (nSPS) is 10.5. The summed E-state index contributed by atoms with van der Waals surface area (Å²) >= 11 is 2.97. The van der Waals surface area contributed by atoms with Gasteiger partial charge in [0.2, 0.25) is 0 Å². The highest BCUT2D eigenvalue weighted by molar-refractivity contribution is 7.98. The van der Waals surface area contributed by atoms with Gasteiger partial charge in [-0.15, -0.1) is 23.1 Å². The average molecular weight is 370 g/mol. The summed E-state index contributed by atoms with van der Waals surface area (Å²) < 4.78 is 5.45. The number of hydrogen-bond acceptors (Lipinski definition) is 5. The number of aromatic nitrogens is 1. The second-order valence-corrected chi connectivity index (χ2v) is 6.86. The van der Waals surface area contributed by atoms with E-state index in [1.54, 1.807) is 11.8 Å². The molecule has 3 rings (SSSR count). The highest BCUT2D eigenvalue weighted by Gasteiger charge is 2.13. The summed E-state index contributed by atoms with van der Waals surface area (Å²) in [4.78, 5) is 17.9. The van der Waals surface area contributed by atoms with Crippen LogP contribution in [0, 0.1) is 0 Å². The molecule has 0 aliphatic rings. The largest absolute Gasteiger partial charge is 0.494 e. The highest BCUT2D eigenvalue weighted by atomic mass is 32.2. The number of hydrogen-bond donors (Lipinski definition) is 1. The van der Waals surface area contributed by atoms with Crippen LogP contribution < -0.4 is 10.1 Å². The minimum atomic E-state index is -0.141. The van der Waals surface area contributed by atoms with Crippen LogP contribution >= 0.6 is 23.1 Å². The lowest BCUT2D eigenvalue weighted by Crippen LogP contribution is -2.12. The lowest BCUT2D eigenvalue weighted by molar-refractivity contribution is 0.102. The lowest BCUT2D eigenvalue weighted by Gasteiger charge is -2.06. The van der Waals surface area contributed by atoms with Gasteiger partial charge in [0.05, 0.1) is 17.9 Å². The van der Waals surface area contributed by atoms with Crippen molar-refractivity contribution in [1.29, 1.82) is 0 Å². The molecular formula is C19H18N2O2S2. The molecule has 0 unspecified atom stereocenters. The minimum Gasteiger partial charge on any atom is -0.494 e. The molecule has 1 aromatic heterocycles. The van der Waals surface area contributed by atoms with Crippen molar-refractivity contribution in [3.63, 3.8) is 0 Å². The summed E-state index contributed by atoms with van der Waals surface area (Å²) in [6, 6.07) is 15.3. The van der Waals surface area contributed by atoms with E-state index in [0.717, 1.165) is 21.9 Å². The van der Waals surface area contributed by atoms with Gasteiger partial charge in [0, 0.05) is 15.8 Å². The molecule has 0 aliphatic carbocycles. The van der Waals surface area contributed by atoms with Crippen molar-refractivity contribution in [1.82, 2.24) is 4.98 Å². The van der Waals surface area contributed by atoms with Crippen molar-refractivity contribution < 1.29 is 9.53 Å². The summed E-state index contributed by atoms with van der Waals surface area (Å²) in [7, 11) is 0. The molecule has 25 heavy (non-hydrogen) atoms. The van der Waals surface area contributed by atoms with Gasteiger partial charge < -0.3 is 4.74 Å². The third-order valence-electron chi connectivity index (χ3n) is 3.54. The van der Waals surface area contributed by atoms with Gasteiger partial charge in [-0.2, -0.15) is 0 Å². The minimum absolute atomic E-state index is 0.141. The molecule has 0 atom stereocenters. The summed E-state index contributed by atoms with van der Waals surface area (Å²) in [6.07, 6.45) is 1.96. The first-order valence-corrected chi connectivity index (χ1v) is 9.95. The number of carbonyl (C=O) groups excluding carboxylic acids is 1. The Balaban J connectivity index is 1.74. The fraction of sp³-hybridized carbons (Fsp3) is 0.158. The predicted octanol–water partition coefficient (Wildman–Crippen LogP) is 5.18. The number of rotatable bonds is 6. The standard InChI is InChI=1S/C19H18N2O2S2/c1-3-23-14-10-8-13(9-11-14)16-12-25-19(20-16)21-18(22)15-6-4-5-7-17(15)24-2/h4-12H,3H2,1-2H3,(H,20,21,22). The summed E-state index contributed by atoms with van der Waals surface area (Å²) in [5, 5.41) is 5.41. The van der Waals surface area contributed by atoms with E-state index in [4.69, 9.17) is 4.74 Å². The molecule has 0 fully saturated rings. The Labute approximate surface area is 155 Å². The Morgan fingerprint density at radius 3 is 2.68 bits per heavy atom. The Morgan fingerprint density at radius 2 is 1.96 bits per heavy atom. The molecule has 3 aromatic rings. The second-order valence-electron chi connectivity index (χ2n) is 5.15. The van der Waals surface area contributed by atoms with Crippen LogP contribution in [0.2, 0.25) is 0 Å². The number of carbonyl (C=O) groups is 1. The lowest BCUT2D eigenvalue weighted by atomic mass is 10.2.